The van der Waals surface area contributed by atoms with Gasteiger partial charge in [-0.05, 0) is 32.3 Å². The van der Waals surface area contributed by atoms with Crippen LogP contribution in [-0.4, -0.2) is 11.8 Å². The van der Waals surface area contributed by atoms with E-state index in [1.54, 1.807) is 11.3 Å². The van der Waals surface area contributed by atoms with Crippen LogP contribution in [0.5, 0.6) is 0 Å². The monoisotopic (exact) mass is 209 g/mol. The van der Waals surface area contributed by atoms with Crippen LogP contribution in [0.1, 0.15) is 34.5 Å². The molecule has 2 rings (SSSR count). The van der Waals surface area contributed by atoms with Gasteiger partial charge < -0.3 is 5.73 Å². The Hall–Kier alpha value is -0.670. The Bertz CT molecular complexity index is 345. The minimum atomic E-state index is 0.180. The molecule has 2 nitrogen and oxygen atoms in total. The molecule has 2 N–H and O–H groups in total. The van der Waals surface area contributed by atoms with Gasteiger partial charge in [-0.1, -0.05) is 0 Å². The number of Topliss-reactive ketones (excluding diaryl/α,β-unsaturated/α-hetero) is 1. The molecule has 0 saturated heterocycles. The predicted octanol–water partition coefficient (Wildman–Crippen LogP) is 2.37. The van der Waals surface area contributed by atoms with E-state index in [4.69, 9.17) is 5.73 Å². The predicted molar refractivity (Wildman–Crippen MR) is 58.7 cm³/mol. The van der Waals surface area contributed by atoms with Gasteiger partial charge in [-0.15, -0.1) is 11.3 Å². The molecular formula is C11H15NOS. The number of nitrogens with two attached hydrogens (primary N) is 1. The molecule has 0 bridgehead atoms. The first-order valence-electron chi connectivity index (χ1n) is 5.01. The quantitative estimate of drug-likeness (QED) is 0.760. The van der Waals surface area contributed by atoms with E-state index in [2.05, 4.69) is 0 Å². The second-order valence-electron chi connectivity index (χ2n) is 4.08. The number of thiophene rings is 1. The van der Waals surface area contributed by atoms with Gasteiger partial charge in [0.05, 0.1) is 0 Å². The largest absolute Gasteiger partial charge is 0.328 e. The Morgan fingerprint density at radius 3 is 2.86 bits per heavy atom. The molecule has 0 radical (unpaired) electrons. The summed E-state index contributed by atoms with van der Waals surface area (Å²) in [6.45, 7) is 2.03. The summed E-state index contributed by atoms with van der Waals surface area (Å²) in [6.07, 6.45) is 2.84. The second-order valence-corrected chi connectivity index (χ2v) is 5.20. The van der Waals surface area contributed by atoms with Crippen molar-refractivity contribution in [2.24, 2.45) is 11.7 Å². The van der Waals surface area contributed by atoms with Crippen LogP contribution in [0.3, 0.4) is 0 Å². The van der Waals surface area contributed by atoms with E-state index in [1.807, 2.05) is 18.4 Å². The van der Waals surface area contributed by atoms with Crippen molar-refractivity contribution in [2.45, 2.75) is 32.2 Å². The highest BCUT2D eigenvalue weighted by Gasteiger charge is 2.28. The van der Waals surface area contributed by atoms with E-state index >= 15 is 0 Å². The van der Waals surface area contributed by atoms with Crippen LogP contribution < -0.4 is 5.73 Å². The maximum Gasteiger partial charge on any atom is 0.166 e. The van der Waals surface area contributed by atoms with Gasteiger partial charge in [-0.2, -0.15) is 0 Å². The fourth-order valence-electron chi connectivity index (χ4n) is 2.06. The lowest BCUT2D eigenvalue weighted by atomic mass is 9.98. The van der Waals surface area contributed by atoms with E-state index in [1.165, 1.54) is 4.88 Å². The zero-order valence-corrected chi connectivity index (χ0v) is 9.14. The fraction of sp³-hybridized carbons (Fsp3) is 0.545. The molecule has 0 amide bonds. The average molecular weight is 209 g/mol. The van der Waals surface area contributed by atoms with Crippen molar-refractivity contribution in [3.8, 4) is 0 Å². The third-order valence-corrected chi connectivity index (χ3v) is 3.72. The number of carbonyl (C=O) groups excluding carboxylic acids is 1. The van der Waals surface area contributed by atoms with E-state index < -0.39 is 0 Å². The van der Waals surface area contributed by atoms with Crippen molar-refractivity contribution in [1.82, 2.24) is 0 Å². The number of rotatable bonds is 2. The van der Waals surface area contributed by atoms with Crippen molar-refractivity contribution in [3.63, 3.8) is 0 Å². The zero-order chi connectivity index (χ0) is 10.1. The number of ketones is 1. The summed E-state index contributed by atoms with van der Waals surface area (Å²) >= 11 is 1.64. The lowest BCUT2D eigenvalue weighted by molar-refractivity contribution is 0.0922. The van der Waals surface area contributed by atoms with Crippen LogP contribution in [0.25, 0.3) is 0 Å². The van der Waals surface area contributed by atoms with Crippen LogP contribution in [-0.2, 0) is 0 Å². The van der Waals surface area contributed by atoms with E-state index in [0.717, 1.165) is 24.8 Å². The van der Waals surface area contributed by atoms with Crippen molar-refractivity contribution in [2.75, 3.05) is 0 Å². The van der Waals surface area contributed by atoms with Gasteiger partial charge in [0.25, 0.3) is 0 Å². The van der Waals surface area contributed by atoms with E-state index in [0.29, 0.717) is 5.78 Å². The van der Waals surface area contributed by atoms with Gasteiger partial charge in [0, 0.05) is 27.8 Å². The molecule has 3 heteroatoms. The van der Waals surface area contributed by atoms with Crippen molar-refractivity contribution < 1.29 is 4.79 Å². The molecule has 0 aliphatic heterocycles. The standard InChI is InChI=1S/C11H15NOS/c1-7-4-9(6-14-7)11(13)8-2-3-10(12)5-8/h4,6,8,10H,2-3,5,12H2,1H3. The van der Waals surface area contributed by atoms with Crippen molar-refractivity contribution in [1.29, 1.82) is 0 Å². The minimum Gasteiger partial charge on any atom is -0.328 e. The van der Waals surface area contributed by atoms with Gasteiger partial charge in [0.1, 0.15) is 0 Å². The Labute approximate surface area is 88.1 Å². The molecule has 1 aliphatic rings. The van der Waals surface area contributed by atoms with Gasteiger partial charge in [0.2, 0.25) is 0 Å². The maximum absolute atomic E-state index is 12.0. The molecule has 2 atom stereocenters. The third kappa shape index (κ3) is 1.88. The van der Waals surface area contributed by atoms with Crippen molar-refractivity contribution >= 4 is 17.1 Å². The first-order chi connectivity index (χ1) is 6.66. The minimum absolute atomic E-state index is 0.180. The lowest BCUT2D eigenvalue weighted by Crippen LogP contribution is -2.17. The fourth-order valence-corrected chi connectivity index (χ4v) is 2.75. The number of carbonyl (C=O) groups is 1. The average Bonchev–Trinajstić information content (AvgIpc) is 2.73. The van der Waals surface area contributed by atoms with Crippen LogP contribution >= 0.6 is 11.3 Å². The number of hydrogen-bond donors (Lipinski definition) is 1. The maximum atomic E-state index is 12.0. The summed E-state index contributed by atoms with van der Waals surface area (Å²) in [5.74, 6) is 0.473. The molecule has 0 aromatic carbocycles. The molecule has 0 spiro atoms. The van der Waals surface area contributed by atoms with Gasteiger partial charge in [0.15, 0.2) is 5.78 Å². The van der Waals surface area contributed by atoms with Crippen LogP contribution in [0, 0.1) is 12.8 Å². The highest BCUT2D eigenvalue weighted by molar-refractivity contribution is 7.10. The SMILES string of the molecule is Cc1cc(C(=O)C2CCC(N)C2)cs1. The first-order valence-corrected chi connectivity index (χ1v) is 5.89. The zero-order valence-electron chi connectivity index (χ0n) is 8.32. The third-order valence-electron chi connectivity index (χ3n) is 2.86. The molecule has 1 aromatic heterocycles. The molecule has 1 saturated carbocycles. The topological polar surface area (TPSA) is 43.1 Å². The van der Waals surface area contributed by atoms with Crippen molar-refractivity contribution in [3.05, 3.63) is 21.9 Å². The van der Waals surface area contributed by atoms with Gasteiger partial charge >= 0.3 is 0 Å². The molecule has 76 valence electrons. The summed E-state index contributed by atoms with van der Waals surface area (Å²) in [6, 6.07) is 2.22. The van der Waals surface area contributed by atoms with E-state index in [9.17, 15) is 4.79 Å². The van der Waals surface area contributed by atoms with Crippen LogP contribution in [0.15, 0.2) is 11.4 Å². The highest BCUT2D eigenvalue weighted by atomic mass is 32.1. The molecule has 14 heavy (non-hydrogen) atoms. The van der Waals surface area contributed by atoms with Crippen LogP contribution in [0.4, 0.5) is 0 Å². The lowest BCUT2D eigenvalue weighted by Gasteiger charge is -2.05. The van der Waals surface area contributed by atoms with E-state index in [-0.39, 0.29) is 12.0 Å². The molecular weight excluding hydrogens is 194 g/mol. The number of hydrogen-bond acceptors (Lipinski definition) is 3. The number of aryl methyl sites for hydroxylation is 1. The Balaban J connectivity index is 2.09. The molecule has 1 aromatic rings. The highest BCUT2D eigenvalue weighted by Crippen LogP contribution is 2.28. The van der Waals surface area contributed by atoms with Gasteiger partial charge in [-0.3, -0.25) is 4.79 Å². The first kappa shape index (κ1) is 9.87. The normalized spacial score (nSPS) is 26.7. The summed E-state index contributed by atoms with van der Waals surface area (Å²) in [4.78, 5) is 13.2. The van der Waals surface area contributed by atoms with Crippen LogP contribution in [0.2, 0.25) is 0 Å². The summed E-state index contributed by atoms with van der Waals surface area (Å²) < 4.78 is 0. The molecule has 1 aliphatic carbocycles. The molecule has 1 heterocycles. The Kier molecular flexibility index (Phi) is 2.70. The molecule has 2 unspecified atom stereocenters. The molecule has 1 fully saturated rings. The Morgan fingerprint density at radius 2 is 2.36 bits per heavy atom. The summed E-state index contributed by atoms with van der Waals surface area (Å²) in [5.41, 5.74) is 6.68. The smallest absolute Gasteiger partial charge is 0.166 e. The summed E-state index contributed by atoms with van der Waals surface area (Å²) in [7, 11) is 0. The summed E-state index contributed by atoms with van der Waals surface area (Å²) in [5, 5.41) is 1.96. The second kappa shape index (κ2) is 3.83. The van der Waals surface area contributed by atoms with Gasteiger partial charge in [-0.25, -0.2) is 0 Å². The Morgan fingerprint density at radius 1 is 1.57 bits per heavy atom.